The van der Waals surface area contributed by atoms with Gasteiger partial charge in [-0.3, -0.25) is 4.98 Å². The second-order valence-electron chi connectivity index (χ2n) is 4.49. The highest BCUT2D eigenvalue weighted by Gasteiger charge is 2.11. The van der Waals surface area contributed by atoms with Crippen molar-refractivity contribution in [2.75, 3.05) is 26.4 Å². The van der Waals surface area contributed by atoms with Crippen LogP contribution in [0.1, 0.15) is 45.2 Å². The molecule has 0 spiro atoms. The highest BCUT2D eigenvalue weighted by molar-refractivity contribution is 5.26. The lowest BCUT2D eigenvalue weighted by Crippen LogP contribution is -2.25. The summed E-state index contributed by atoms with van der Waals surface area (Å²) in [5, 5.41) is 3.42. The Balaban J connectivity index is 2.65. The largest absolute Gasteiger partial charge is 0.492 e. The maximum Gasteiger partial charge on any atom is 0.137 e. The molecule has 0 aliphatic carbocycles. The fourth-order valence-electron chi connectivity index (χ4n) is 1.79. The van der Waals surface area contributed by atoms with Crippen molar-refractivity contribution in [2.24, 2.45) is 0 Å². The summed E-state index contributed by atoms with van der Waals surface area (Å²) in [7, 11) is 0. The van der Waals surface area contributed by atoms with Gasteiger partial charge in [-0.2, -0.15) is 0 Å². The van der Waals surface area contributed by atoms with E-state index in [0.717, 1.165) is 43.9 Å². The van der Waals surface area contributed by atoms with Crippen molar-refractivity contribution >= 4 is 0 Å². The topological polar surface area (TPSA) is 43.4 Å². The molecule has 1 N–H and O–H groups in total. The molecule has 0 saturated heterocycles. The summed E-state index contributed by atoms with van der Waals surface area (Å²) in [6.45, 7) is 9.39. The second-order valence-corrected chi connectivity index (χ2v) is 4.49. The summed E-state index contributed by atoms with van der Waals surface area (Å²) in [4.78, 5) is 4.25. The van der Waals surface area contributed by atoms with E-state index in [-0.39, 0.29) is 6.04 Å². The molecule has 0 aliphatic rings. The van der Waals surface area contributed by atoms with Gasteiger partial charge in [0, 0.05) is 12.8 Å². The standard InChI is InChI=1S/C15H26N2O2/c1-4-7-18-12-15(17-6-3)13-9-14(11-16-10-13)19-8-5-2/h9-11,15,17H,4-8,12H2,1-3H3. The van der Waals surface area contributed by atoms with Crippen LogP contribution in [-0.2, 0) is 4.74 Å². The number of pyridine rings is 1. The van der Waals surface area contributed by atoms with Crippen LogP contribution in [0.3, 0.4) is 0 Å². The summed E-state index contributed by atoms with van der Waals surface area (Å²) in [5.41, 5.74) is 1.12. The van der Waals surface area contributed by atoms with E-state index in [1.165, 1.54) is 0 Å². The molecule has 0 bridgehead atoms. The van der Waals surface area contributed by atoms with Gasteiger partial charge in [0.15, 0.2) is 0 Å². The smallest absolute Gasteiger partial charge is 0.137 e. The third-order valence-corrected chi connectivity index (χ3v) is 2.69. The van der Waals surface area contributed by atoms with Crippen LogP contribution < -0.4 is 10.1 Å². The number of hydrogen-bond acceptors (Lipinski definition) is 4. The number of nitrogens with zero attached hydrogens (tertiary/aromatic N) is 1. The number of aromatic nitrogens is 1. The first-order valence-electron chi connectivity index (χ1n) is 7.20. The van der Waals surface area contributed by atoms with Crippen molar-refractivity contribution in [1.29, 1.82) is 0 Å². The molecular weight excluding hydrogens is 240 g/mol. The molecule has 19 heavy (non-hydrogen) atoms. The van der Waals surface area contributed by atoms with Crippen LogP contribution in [0, 0.1) is 0 Å². The van der Waals surface area contributed by atoms with Crippen LogP contribution in [0.5, 0.6) is 5.75 Å². The first-order chi connectivity index (χ1) is 9.31. The summed E-state index contributed by atoms with van der Waals surface area (Å²) in [6, 6.07) is 2.22. The van der Waals surface area contributed by atoms with Crippen molar-refractivity contribution in [2.45, 2.75) is 39.7 Å². The molecule has 0 fully saturated rings. The zero-order valence-electron chi connectivity index (χ0n) is 12.3. The Morgan fingerprint density at radius 3 is 2.63 bits per heavy atom. The maximum atomic E-state index is 5.64. The molecule has 4 heteroatoms. The van der Waals surface area contributed by atoms with E-state index in [4.69, 9.17) is 9.47 Å². The van der Waals surface area contributed by atoms with Crippen molar-refractivity contribution in [1.82, 2.24) is 10.3 Å². The first-order valence-corrected chi connectivity index (χ1v) is 7.20. The third kappa shape index (κ3) is 6.03. The lowest BCUT2D eigenvalue weighted by Gasteiger charge is -2.18. The predicted molar refractivity (Wildman–Crippen MR) is 77.6 cm³/mol. The first kappa shape index (κ1) is 15.9. The van der Waals surface area contributed by atoms with Crippen LogP contribution in [0.15, 0.2) is 18.5 Å². The zero-order valence-corrected chi connectivity index (χ0v) is 12.3. The summed E-state index contributed by atoms with van der Waals surface area (Å²) < 4.78 is 11.3. The molecule has 1 atom stereocenters. The normalized spacial score (nSPS) is 12.4. The highest BCUT2D eigenvalue weighted by atomic mass is 16.5. The molecule has 0 aromatic carbocycles. The number of likely N-dealkylation sites (N-methyl/N-ethyl adjacent to an activating group) is 1. The molecule has 0 saturated carbocycles. The molecule has 1 unspecified atom stereocenters. The Hall–Kier alpha value is -1.13. The van der Waals surface area contributed by atoms with E-state index in [1.807, 2.05) is 12.3 Å². The van der Waals surface area contributed by atoms with Crippen molar-refractivity contribution in [3.8, 4) is 5.75 Å². The molecule has 4 nitrogen and oxygen atoms in total. The van der Waals surface area contributed by atoms with Crippen LogP contribution in [0.25, 0.3) is 0 Å². The van der Waals surface area contributed by atoms with Gasteiger partial charge in [0.1, 0.15) is 5.75 Å². The summed E-state index contributed by atoms with van der Waals surface area (Å²) in [6.07, 6.45) is 5.67. The minimum atomic E-state index is 0.175. The summed E-state index contributed by atoms with van der Waals surface area (Å²) in [5.74, 6) is 0.831. The SMILES string of the molecule is CCCOCC(NCC)c1cncc(OCCC)c1. The maximum absolute atomic E-state index is 5.64. The van der Waals surface area contributed by atoms with Crippen LogP contribution in [-0.4, -0.2) is 31.3 Å². The van der Waals surface area contributed by atoms with E-state index < -0.39 is 0 Å². The minimum Gasteiger partial charge on any atom is -0.492 e. The van der Waals surface area contributed by atoms with Gasteiger partial charge in [0.05, 0.1) is 25.5 Å². The van der Waals surface area contributed by atoms with Gasteiger partial charge in [-0.05, 0) is 31.0 Å². The Labute approximate surface area is 116 Å². The minimum absolute atomic E-state index is 0.175. The molecule has 1 aromatic heterocycles. The molecule has 1 aromatic rings. The average Bonchev–Trinajstić information content (AvgIpc) is 2.45. The monoisotopic (exact) mass is 266 g/mol. The second kappa shape index (κ2) is 9.75. The third-order valence-electron chi connectivity index (χ3n) is 2.69. The molecule has 0 amide bonds. The number of hydrogen-bond donors (Lipinski definition) is 1. The van der Waals surface area contributed by atoms with Gasteiger partial charge in [-0.25, -0.2) is 0 Å². The van der Waals surface area contributed by atoms with Crippen LogP contribution in [0.2, 0.25) is 0 Å². The van der Waals surface area contributed by atoms with Gasteiger partial charge in [0.25, 0.3) is 0 Å². The van der Waals surface area contributed by atoms with E-state index in [1.54, 1.807) is 6.20 Å². The fourth-order valence-corrected chi connectivity index (χ4v) is 1.79. The molecule has 0 radical (unpaired) electrons. The van der Waals surface area contributed by atoms with Crippen molar-refractivity contribution in [3.63, 3.8) is 0 Å². The number of ether oxygens (including phenoxy) is 2. The molecule has 1 heterocycles. The highest BCUT2D eigenvalue weighted by Crippen LogP contribution is 2.18. The van der Waals surface area contributed by atoms with Gasteiger partial charge in [-0.15, -0.1) is 0 Å². The Kier molecular flexibility index (Phi) is 8.18. The van der Waals surface area contributed by atoms with Crippen LogP contribution in [0.4, 0.5) is 0 Å². The van der Waals surface area contributed by atoms with Gasteiger partial charge in [0.2, 0.25) is 0 Å². The Bertz CT molecular complexity index is 345. The molecule has 108 valence electrons. The molecule has 0 aliphatic heterocycles. The number of nitrogens with one attached hydrogen (secondary N) is 1. The van der Waals surface area contributed by atoms with Crippen LogP contribution >= 0.6 is 0 Å². The van der Waals surface area contributed by atoms with E-state index in [9.17, 15) is 0 Å². The lowest BCUT2D eigenvalue weighted by atomic mass is 10.1. The molecule has 1 rings (SSSR count). The zero-order chi connectivity index (χ0) is 13.9. The molecular formula is C15H26N2O2. The van der Waals surface area contributed by atoms with E-state index >= 15 is 0 Å². The van der Waals surface area contributed by atoms with E-state index in [2.05, 4.69) is 31.1 Å². The quantitative estimate of drug-likeness (QED) is 0.661. The van der Waals surface area contributed by atoms with Gasteiger partial charge in [-0.1, -0.05) is 20.8 Å². The predicted octanol–water partition coefficient (Wildman–Crippen LogP) is 2.95. The number of rotatable bonds is 10. The van der Waals surface area contributed by atoms with Crippen molar-refractivity contribution in [3.05, 3.63) is 24.0 Å². The Morgan fingerprint density at radius 2 is 1.95 bits per heavy atom. The van der Waals surface area contributed by atoms with Gasteiger partial charge >= 0.3 is 0 Å². The lowest BCUT2D eigenvalue weighted by molar-refractivity contribution is 0.112. The average molecular weight is 266 g/mol. The van der Waals surface area contributed by atoms with Crippen molar-refractivity contribution < 1.29 is 9.47 Å². The Morgan fingerprint density at radius 1 is 1.16 bits per heavy atom. The van der Waals surface area contributed by atoms with Gasteiger partial charge < -0.3 is 14.8 Å². The van der Waals surface area contributed by atoms with E-state index in [0.29, 0.717) is 6.61 Å². The fraction of sp³-hybridized carbons (Fsp3) is 0.667. The summed E-state index contributed by atoms with van der Waals surface area (Å²) >= 11 is 0.